The average molecular weight is 171 g/mol. The van der Waals surface area contributed by atoms with E-state index in [1.165, 1.54) is 32.1 Å². The zero-order valence-corrected chi connectivity index (χ0v) is 7.56. The fourth-order valence-corrected chi connectivity index (χ4v) is 2.90. The lowest BCUT2D eigenvalue weighted by atomic mass is 9.72. The van der Waals surface area contributed by atoms with Crippen molar-refractivity contribution in [1.82, 2.24) is 5.32 Å². The van der Waals surface area contributed by atoms with Crippen LogP contribution in [0.25, 0.3) is 0 Å². The second kappa shape index (κ2) is 3.73. The van der Waals surface area contributed by atoms with Crippen LogP contribution < -0.4 is 5.32 Å². The number of halogens is 1. The van der Waals surface area contributed by atoms with E-state index in [0.717, 1.165) is 12.5 Å². The van der Waals surface area contributed by atoms with E-state index in [0.29, 0.717) is 5.92 Å². The number of hydrogen-bond acceptors (Lipinski definition) is 1. The topological polar surface area (TPSA) is 12.0 Å². The number of rotatable bonds is 1. The van der Waals surface area contributed by atoms with Gasteiger partial charge in [0.15, 0.2) is 0 Å². The minimum atomic E-state index is -0.166. The minimum absolute atomic E-state index is 0.166. The Morgan fingerprint density at radius 3 is 2.83 bits per heavy atom. The molecule has 2 fully saturated rings. The van der Waals surface area contributed by atoms with Crippen LogP contribution in [0, 0.1) is 11.8 Å². The van der Waals surface area contributed by atoms with Crippen molar-refractivity contribution < 1.29 is 4.39 Å². The fourth-order valence-electron chi connectivity index (χ4n) is 2.90. The van der Waals surface area contributed by atoms with Crippen LogP contribution in [0.5, 0.6) is 0 Å². The van der Waals surface area contributed by atoms with Crippen LogP contribution in [-0.2, 0) is 0 Å². The molecule has 1 aliphatic carbocycles. The maximum atomic E-state index is 12.6. The van der Waals surface area contributed by atoms with E-state index in [2.05, 4.69) is 5.32 Å². The molecule has 0 spiro atoms. The summed E-state index contributed by atoms with van der Waals surface area (Å²) >= 11 is 0. The third-order valence-electron chi connectivity index (χ3n) is 3.57. The maximum Gasteiger partial charge on any atom is 0.105 e. The van der Waals surface area contributed by atoms with Gasteiger partial charge in [-0.25, -0.2) is 4.39 Å². The van der Waals surface area contributed by atoms with Crippen molar-refractivity contribution >= 4 is 0 Å². The highest BCUT2D eigenvalue weighted by atomic mass is 19.1. The quantitative estimate of drug-likeness (QED) is 0.637. The Balaban J connectivity index is 1.99. The summed E-state index contributed by atoms with van der Waals surface area (Å²) in [4.78, 5) is 0. The first-order valence-electron chi connectivity index (χ1n) is 5.21. The van der Waals surface area contributed by atoms with Crippen molar-refractivity contribution in [3.8, 4) is 0 Å². The fraction of sp³-hybridized carbons (Fsp3) is 1.00. The van der Waals surface area contributed by atoms with E-state index in [9.17, 15) is 4.39 Å². The number of hydrogen-bond donors (Lipinski definition) is 1. The smallest absolute Gasteiger partial charge is 0.105 e. The van der Waals surface area contributed by atoms with Gasteiger partial charge in [0.1, 0.15) is 6.67 Å². The lowest BCUT2D eigenvalue weighted by molar-refractivity contribution is 0.117. The summed E-state index contributed by atoms with van der Waals surface area (Å²) in [5, 5.41) is 3.29. The molecule has 0 aromatic rings. The molecule has 1 N–H and O–H groups in total. The molecular weight excluding hydrogens is 153 g/mol. The van der Waals surface area contributed by atoms with E-state index in [1.54, 1.807) is 0 Å². The van der Waals surface area contributed by atoms with Crippen molar-refractivity contribution in [2.24, 2.45) is 11.8 Å². The molecule has 70 valence electrons. The Hall–Kier alpha value is -0.110. The maximum absolute atomic E-state index is 12.6. The number of nitrogens with one attached hydrogen (secondary N) is 1. The van der Waals surface area contributed by atoms with Crippen molar-refractivity contribution in [3.05, 3.63) is 0 Å². The first-order valence-corrected chi connectivity index (χ1v) is 5.21. The first kappa shape index (κ1) is 8.49. The van der Waals surface area contributed by atoms with Gasteiger partial charge in [0.05, 0.1) is 0 Å². The average Bonchev–Trinajstić information content (AvgIpc) is 2.17. The normalized spacial score (nSPS) is 42.2. The largest absolute Gasteiger partial charge is 0.311 e. The van der Waals surface area contributed by atoms with E-state index in [1.807, 2.05) is 0 Å². The van der Waals surface area contributed by atoms with Gasteiger partial charge in [0.25, 0.3) is 0 Å². The molecule has 2 rings (SSSR count). The highest BCUT2D eigenvalue weighted by molar-refractivity contribution is 4.88. The molecule has 1 saturated heterocycles. The van der Waals surface area contributed by atoms with Crippen molar-refractivity contribution in [2.75, 3.05) is 13.2 Å². The van der Waals surface area contributed by atoms with Gasteiger partial charge in [0, 0.05) is 6.04 Å². The Bertz CT molecular complexity index is 140. The van der Waals surface area contributed by atoms with Gasteiger partial charge in [-0.2, -0.15) is 0 Å². The van der Waals surface area contributed by atoms with Crippen LogP contribution in [0.4, 0.5) is 4.39 Å². The van der Waals surface area contributed by atoms with Crippen LogP contribution in [0.3, 0.4) is 0 Å². The van der Waals surface area contributed by atoms with Crippen LogP contribution in [0.15, 0.2) is 0 Å². The summed E-state index contributed by atoms with van der Waals surface area (Å²) in [5.74, 6) is 1.48. The summed E-state index contributed by atoms with van der Waals surface area (Å²) in [5.41, 5.74) is 0. The molecule has 1 saturated carbocycles. The SMILES string of the molecule is FCC1NCCC2CCCCC21. The lowest BCUT2D eigenvalue weighted by Gasteiger charge is -2.40. The van der Waals surface area contributed by atoms with Gasteiger partial charge in [-0.05, 0) is 31.2 Å². The summed E-state index contributed by atoms with van der Waals surface area (Å²) < 4.78 is 12.6. The summed E-state index contributed by atoms with van der Waals surface area (Å²) in [6, 6.07) is 0.184. The second-order valence-corrected chi connectivity index (χ2v) is 4.21. The van der Waals surface area contributed by atoms with Crippen LogP contribution >= 0.6 is 0 Å². The number of piperidine rings is 1. The van der Waals surface area contributed by atoms with Gasteiger partial charge in [-0.1, -0.05) is 19.3 Å². The van der Waals surface area contributed by atoms with Gasteiger partial charge < -0.3 is 5.32 Å². The molecule has 1 heterocycles. The Morgan fingerprint density at radius 2 is 2.00 bits per heavy atom. The van der Waals surface area contributed by atoms with Crippen LogP contribution in [0.2, 0.25) is 0 Å². The molecule has 0 aromatic carbocycles. The van der Waals surface area contributed by atoms with Crippen LogP contribution in [-0.4, -0.2) is 19.3 Å². The van der Waals surface area contributed by atoms with E-state index >= 15 is 0 Å². The molecule has 1 aliphatic heterocycles. The monoisotopic (exact) mass is 171 g/mol. The molecule has 2 heteroatoms. The minimum Gasteiger partial charge on any atom is -0.311 e. The Labute approximate surface area is 73.7 Å². The predicted octanol–water partition coefficient (Wildman–Crippen LogP) is 2.12. The Kier molecular flexibility index (Phi) is 2.64. The molecule has 0 amide bonds. The molecule has 0 aromatic heterocycles. The van der Waals surface area contributed by atoms with Crippen molar-refractivity contribution in [2.45, 2.75) is 38.1 Å². The predicted molar refractivity (Wildman–Crippen MR) is 47.8 cm³/mol. The second-order valence-electron chi connectivity index (χ2n) is 4.21. The highest BCUT2D eigenvalue weighted by Crippen LogP contribution is 2.36. The van der Waals surface area contributed by atoms with Crippen molar-refractivity contribution in [1.29, 1.82) is 0 Å². The molecule has 2 aliphatic rings. The van der Waals surface area contributed by atoms with Gasteiger partial charge in [0.2, 0.25) is 0 Å². The molecule has 3 unspecified atom stereocenters. The molecule has 3 atom stereocenters. The molecular formula is C10H18FN. The number of fused-ring (bicyclic) bond motifs is 1. The van der Waals surface area contributed by atoms with E-state index in [4.69, 9.17) is 0 Å². The molecule has 1 nitrogen and oxygen atoms in total. The van der Waals surface area contributed by atoms with Gasteiger partial charge in [-0.15, -0.1) is 0 Å². The standard InChI is InChI=1S/C10H18FN/c11-7-10-9-4-2-1-3-8(9)5-6-12-10/h8-10,12H,1-7H2. The van der Waals surface area contributed by atoms with E-state index in [-0.39, 0.29) is 12.7 Å². The first-order chi connectivity index (χ1) is 5.92. The number of alkyl halides is 1. The lowest BCUT2D eigenvalue weighted by Crippen LogP contribution is -2.48. The van der Waals surface area contributed by atoms with Gasteiger partial charge >= 0.3 is 0 Å². The summed E-state index contributed by atoms with van der Waals surface area (Å²) in [7, 11) is 0. The summed E-state index contributed by atoms with van der Waals surface area (Å²) in [6.07, 6.45) is 6.58. The molecule has 12 heavy (non-hydrogen) atoms. The highest BCUT2D eigenvalue weighted by Gasteiger charge is 2.34. The Morgan fingerprint density at radius 1 is 1.17 bits per heavy atom. The van der Waals surface area contributed by atoms with E-state index < -0.39 is 0 Å². The zero-order chi connectivity index (χ0) is 8.39. The third-order valence-corrected chi connectivity index (χ3v) is 3.57. The third kappa shape index (κ3) is 1.49. The molecule has 0 bridgehead atoms. The van der Waals surface area contributed by atoms with Crippen LogP contribution in [0.1, 0.15) is 32.1 Å². The molecule has 0 radical (unpaired) electrons. The van der Waals surface area contributed by atoms with Crippen molar-refractivity contribution in [3.63, 3.8) is 0 Å². The summed E-state index contributed by atoms with van der Waals surface area (Å²) in [6.45, 7) is 0.872. The van der Waals surface area contributed by atoms with Gasteiger partial charge in [-0.3, -0.25) is 0 Å². The zero-order valence-electron chi connectivity index (χ0n) is 7.56.